The third-order valence-corrected chi connectivity index (χ3v) is 3.15. The smallest absolute Gasteiger partial charge is 0.394 e. The molecule has 0 spiro atoms. The number of hydrogen-bond acceptors (Lipinski definition) is 2. The number of halogens is 3. The number of aromatic nitrogens is 1. The molecular weight excluding hydrogens is 315 g/mol. The maximum atomic E-state index is 13.0. The van der Waals surface area contributed by atoms with Crippen LogP contribution in [0.3, 0.4) is 0 Å². The maximum absolute atomic E-state index is 13.0. The third-order valence-electron chi connectivity index (χ3n) is 3.15. The molecular formula is C19H18F3NO. The predicted octanol–water partition coefficient (Wildman–Crippen LogP) is 5.31. The molecule has 0 amide bonds. The van der Waals surface area contributed by atoms with Crippen molar-refractivity contribution < 1.29 is 18.3 Å². The lowest BCUT2D eigenvalue weighted by Crippen LogP contribution is -2.06. The van der Waals surface area contributed by atoms with E-state index in [0.29, 0.717) is 11.1 Å². The van der Waals surface area contributed by atoms with Gasteiger partial charge < -0.3 is 5.11 Å². The van der Waals surface area contributed by atoms with Gasteiger partial charge in [0.1, 0.15) is 0 Å². The summed E-state index contributed by atoms with van der Waals surface area (Å²) < 4.78 is 39.1. The van der Waals surface area contributed by atoms with Gasteiger partial charge in [-0.25, -0.2) is 0 Å². The van der Waals surface area contributed by atoms with Crippen LogP contribution in [0.1, 0.15) is 19.4 Å². The number of rotatable bonds is 1. The van der Waals surface area contributed by atoms with Crippen LogP contribution in [-0.4, -0.2) is 16.2 Å². The van der Waals surface area contributed by atoms with E-state index in [2.05, 4.69) is 4.98 Å². The molecule has 0 unspecified atom stereocenters. The molecule has 0 aliphatic carbocycles. The van der Waals surface area contributed by atoms with E-state index in [1.54, 1.807) is 50.4 Å². The van der Waals surface area contributed by atoms with Gasteiger partial charge in [-0.15, -0.1) is 0 Å². The second-order valence-corrected chi connectivity index (χ2v) is 5.55. The van der Waals surface area contributed by atoms with Gasteiger partial charge >= 0.3 is 6.18 Å². The molecule has 5 heteroatoms. The number of hydrogen-bond donors (Lipinski definition) is 1. The van der Waals surface area contributed by atoms with Gasteiger partial charge in [-0.1, -0.05) is 36.4 Å². The summed E-state index contributed by atoms with van der Waals surface area (Å²) in [6.45, 7) is 3.44. The Hall–Kier alpha value is -2.40. The number of pyridine rings is 1. The van der Waals surface area contributed by atoms with Crippen molar-refractivity contribution in [2.75, 3.05) is 0 Å². The Balaban J connectivity index is 0.000000471. The third kappa shape index (κ3) is 4.55. The van der Waals surface area contributed by atoms with Gasteiger partial charge in [-0.2, -0.15) is 13.2 Å². The molecule has 1 heterocycles. The van der Waals surface area contributed by atoms with Crippen LogP contribution in [-0.2, 0) is 6.18 Å². The lowest BCUT2D eigenvalue weighted by Gasteiger charge is -2.13. The average Bonchev–Trinajstić information content (AvgIpc) is 2.53. The molecule has 24 heavy (non-hydrogen) atoms. The Kier molecular flexibility index (Phi) is 5.57. The van der Waals surface area contributed by atoms with E-state index >= 15 is 0 Å². The average molecular weight is 333 g/mol. The quantitative estimate of drug-likeness (QED) is 0.655. The van der Waals surface area contributed by atoms with Crippen LogP contribution in [0, 0.1) is 0 Å². The van der Waals surface area contributed by atoms with Gasteiger partial charge in [0.25, 0.3) is 0 Å². The molecule has 0 radical (unpaired) electrons. The summed E-state index contributed by atoms with van der Waals surface area (Å²) in [4.78, 5) is 4.18. The maximum Gasteiger partial charge on any atom is 0.417 e. The zero-order valence-electron chi connectivity index (χ0n) is 13.4. The van der Waals surface area contributed by atoms with Gasteiger partial charge in [-0.3, -0.25) is 4.98 Å². The van der Waals surface area contributed by atoms with Gasteiger partial charge in [0.15, 0.2) is 0 Å². The molecule has 3 rings (SSSR count). The minimum absolute atomic E-state index is 0.167. The normalized spacial score (nSPS) is 11.3. The highest BCUT2D eigenvalue weighted by Gasteiger charge is 2.33. The number of nitrogens with zero attached hydrogens (tertiary/aromatic N) is 1. The van der Waals surface area contributed by atoms with E-state index in [-0.39, 0.29) is 11.7 Å². The monoisotopic (exact) mass is 333 g/mol. The summed E-state index contributed by atoms with van der Waals surface area (Å²) in [5.74, 6) is 0. The van der Waals surface area contributed by atoms with Crippen molar-refractivity contribution in [3.63, 3.8) is 0 Å². The van der Waals surface area contributed by atoms with Crippen molar-refractivity contribution in [1.29, 1.82) is 0 Å². The molecule has 0 atom stereocenters. The molecule has 0 fully saturated rings. The fraction of sp³-hybridized carbons (Fsp3) is 0.211. The number of aliphatic hydroxyl groups is 1. The van der Waals surface area contributed by atoms with Crippen molar-refractivity contribution in [3.8, 4) is 11.1 Å². The first-order valence-electron chi connectivity index (χ1n) is 7.48. The van der Waals surface area contributed by atoms with Crippen LogP contribution < -0.4 is 0 Å². The minimum Gasteiger partial charge on any atom is -0.394 e. The van der Waals surface area contributed by atoms with E-state index in [1.165, 1.54) is 12.1 Å². The standard InChI is InChI=1S/C16H10F3N.C3H8O/c17-16(18,19)14-6-2-1-5-13(14)12-8-7-11-4-3-9-20-15(11)10-12;1-3(2)4/h1-10H;3-4H,1-2H3. The Morgan fingerprint density at radius 1 is 0.958 bits per heavy atom. The summed E-state index contributed by atoms with van der Waals surface area (Å²) in [6.07, 6.45) is -2.91. The molecule has 0 aliphatic heterocycles. The lowest BCUT2D eigenvalue weighted by atomic mass is 9.98. The summed E-state index contributed by atoms with van der Waals surface area (Å²) in [7, 11) is 0. The van der Waals surface area contributed by atoms with Crippen LogP contribution >= 0.6 is 0 Å². The van der Waals surface area contributed by atoms with Crippen LogP contribution in [0.4, 0.5) is 13.2 Å². The second kappa shape index (κ2) is 7.45. The van der Waals surface area contributed by atoms with E-state index in [1.807, 2.05) is 6.07 Å². The molecule has 0 saturated heterocycles. The van der Waals surface area contributed by atoms with Crippen LogP contribution in [0.2, 0.25) is 0 Å². The van der Waals surface area contributed by atoms with Crippen molar-refractivity contribution >= 4 is 10.9 Å². The van der Waals surface area contributed by atoms with Crippen molar-refractivity contribution in [1.82, 2.24) is 4.98 Å². The molecule has 126 valence electrons. The van der Waals surface area contributed by atoms with Gasteiger partial charge in [0, 0.05) is 17.7 Å². The molecule has 2 aromatic carbocycles. The van der Waals surface area contributed by atoms with Gasteiger partial charge in [-0.05, 0) is 43.2 Å². The first-order valence-corrected chi connectivity index (χ1v) is 7.48. The number of benzene rings is 2. The second-order valence-electron chi connectivity index (χ2n) is 5.55. The topological polar surface area (TPSA) is 33.1 Å². The fourth-order valence-electron chi connectivity index (χ4n) is 2.22. The van der Waals surface area contributed by atoms with Gasteiger partial charge in [0.05, 0.1) is 11.1 Å². The largest absolute Gasteiger partial charge is 0.417 e. The zero-order chi connectivity index (χ0) is 17.7. The first-order chi connectivity index (χ1) is 11.3. The number of fused-ring (bicyclic) bond motifs is 1. The van der Waals surface area contributed by atoms with Crippen molar-refractivity contribution in [3.05, 3.63) is 66.4 Å². The van der Waals surface area contributed by atoms with Crippen molar-refractivity contribution in [2.45, 2.75) is 26.1 Å². The molecule has 3 aromatic rings. The van der Waals surface area contributed by atoms with E-state index in [0.717, 1.165) is 11.5 Å². The molecule has 0 aliphatic rings. The highest BCUT2D eigenvalue weighted by Crippen LogP contribution is 2.37. The van der Waals surface area contributed by atoms with Crippen LogP contribution in [0.5, 0.6) is 0 Å². The van der Waals surface area contributed by atoms with E-state index < -0.39 is 11.7 Å². The Morgan fingerprint density at radius 3 is 2.29 bits per heavy atom. The molecule has 1 aromatic heterocycles. The van der Waals surface area contributed by atoms with Gasteiger partial charge in [0.2, 0.25) is 0 Å². The first kappa shape index (κ1) is 17.9. The summed E-state index contributed by atoms with van der Waals surface area (Å²) in [5.41, 5.74) is 0.744. The molecule has 1 N–H and O–H groups in total. The molecule has 2 nitrogen and oxygen atoms in total. The lowest BCUT2D eigenvalue weighted by molar-refractivity contribution is -0.137. The summed E-state index contributed by atoms with van der Waals surface area (Å²) in [6, 6.07) is 14.4. The molecule has 0 saturated carbocycles. The highest BCUT2D eigenvalue weighted by atomic mass is 19.4. The van der Waals surface area contributed by atoms with E-state index in [4.69, 9.17) is 5.11 Å². The Bertz CT molecular complexity index is 810. The SMILES string of the molecule is CC(C)O.FC(F)(F)c1ccccc1-c1ccc2cccnc2c1. The Morgan fingerprint density at radius 2 is 1.62 bits per heavy atom. The Labute approximate surface area is 138 Å². The van der Waals surface area contributed by atoms with Crippen LogP contribution in [0.25, 0.3) is 22.0 Å². The zero-order valence-corrected chi connectivity index (χ0v) is 13.4. The fourth-order valence-corrected chi connectivity index (χ4v) is 2.22. The van der Waals surface area contributed by atoms with Crippen molar-refractivity contribution in [2.24, 2.45) is 0 Å². The summed E-state index contributed by atoms with van der Waals surface area (Å²) >= 11 is 0. The number of aliphatic hydroxyl groups excluding tert-OH is 1. The predicted molar refractivity (Wildman–Crippen MR) is 89.5 cm³/mol. The van der Waals surface area contributed by atoms with E-state index in [9.17, 15) is 13.2 Å². The highest BCUT2D eigenvalue weighted by molar-refractivity contribution is 5.84. The summed E-state index contributed by atoms with van der Waals surface area (Å²) in [5, 5.41) is 8.96. The number of alkyl halides is 3. The molecule has 0 bridgehead atoms. The minimum atomic E-state index is -4.37. The van der Waals surface area contributed by atoms with Crippen LogP contribution in [0.15, 0.2) is 60.8 Å².